The van der Waals surface area contributed by atoms with E-state index >= 15 is 0 Å². The third-order valence-corrected chi connectivity index (χ3v) is 4.36. The van der Waals surface area contributed by atoms with Crippen molar-refractivity contribution in [2.75, 3.05) is 0 Å². The Bertz CT molecular complexity index is 561. The topological polar surface area (TPSA) is 83.8 Å². The maximum atomic E-state index is 11.1. The van der Waals surface area contributed by atoms with Crippen molar-refractivity contribution in [3.63, 3.8) is 0 Å². The van der Waals surface area contributed by atoms with E-state index in [1.807, 2.05) is 0 Å². The van der Waals surface area contributed by atoms with Gasteiger partial charge in [0, 0.05) is 7.05 Å². The fraction of sp³-hybridized carbons (Fsp3) is 0.286. The number of aliphatic hydroxyl groups excluding tert-OH is 1. The van der Waals surface area contributed by atoms with Crippen LogP contribution in [0.5, 0.6) is 0 Å². The van der Waals surface area contributed by atoms with Crippen LogP contribution in [0.2, 0.25) is 5.15 Å². The first-order valence-electron chi connectivity index (χ1n) is 4.17. The Labute approximate surface area is 103 Å². The first-order chi connectivity index (χ1) is 7.61. The standard InChI is InChI=1S/C7H7ClN4O2S2/c1-12-5(14)10-11-6(12)16-7-9-4(8)3(2-13)15-7/h13H,2H2,1H3,(H,10,14). The lowest BCUT2D eigenvalue weighted by atomic mass is 10.6. The average molecular weight is 279 g/mol. The van der Waals surface area contributed by atoms with E-state index in [0.29, 0.717) is 14.4 Å². The summed E-state index contributed by atoms with van der Waals surface area (Å²) >= 11 is 8.28. The number of aliphatic hydroxyl groups is 1. The Morgan fingerprint density at radius 1 is 1.69 bits per heavy atom. The molecule has 86 valence electrons. The molecule has 0 amide bonds. The summed E-state index contributed by atoms with van der Waals surface area (Å²) in [6.07, 6.45) is 0. The number of H-pyrrole nitrogens is 1. The van der Waals surface area contributed by atoms with Crippen LogP contribution in [0.15, 0.2) is 14.3 Å². The Morgan fingerprint density at radius 2 is 2.44 bits per heavy atom. The highest BCUT2D eigenvalue weighted by molar-refractivity contribution is 8.00. The van der Waals surface area contributed by atoms with Crippen LogP contribution in [0.3, 0.4) is 0 Å². The number of hydrogen-bond acceptors (Lipinski definition) is 6. The molecule has 2 aromatic rings. The molecular formula is C7H7ClN4O2S2. The lowest BCUT2D eigenvalue weighted by Crippen LogP contribution is -2.12. The summed E-state index contributed by atoms with van der Waals surface area (Å²) in [5, 5.41) is 15.9. The Hall–Kier alpha value is -0.830. The molecule has 0 fully saturated rings. The number of hydrogen-bond donors (Lipinski definition) is 2. The van der Waals surface area contributed by atoms with Crippen LogP contribution in [0.1, 0.15) is 4.88 Å². The van der Waals surface area contributed by atoms with Gasteiger partial charge >= 0.3 is 5.69 Å². The van der Waals surface area contributed by atoms with Gasteiger partial charge in [-0.2, -0.15) is 0 Å². The lowest BCUT2D eigenvalue weighted by molar-refractivity contribution is 0.285. The number of rotatable bonds is 3. The first-order valence-corrected chi connectivity index (χ1v) is 6.18. The second-order valence-corrected chi connectivity index (χ2v) is 5.48. The Morgan fingerprint density at radius 3 is 2.94 bits per heavy atom. The number of nitrogens with zero attached hydrogens (tertiary/aromatic N) is 3. The van der Waals surface area contributed by atoms with E-state index < -0.39 is 0 Å². The van der Waals surface area contributed by atoms with E-state index in [2.05, 4.69) is 15.2 Å². The second kappa shape index (κ2) is 4.58. The van der Waals surface area contributed by atoms with Gasteiger partial charge in [-0.05, 0) is 11.8 Å². The summed E-state index contributed by atoms with van der Waals surface area (Å²) in [4.78, 5) is 15.8. The number of aromatic nitrogens is 4. The van der Waals surface area contributed by atoms with Gasteiger partial charge in [0.25, 0.3) is 0 Å². The second-order valence-electron chi connectivity index (χ2n) is 2.82. The van der Waals surface area contributed by atoms with Gasteiger partial charge in [0.05, 0.1) is 11.5 Å². The molecule has 0 aliphatic rings. The van der Waals surface area contributed by atoms with E-state index in [1.165, 1.54) is 27.7 Å². The molecule has 0 spiro atoms. The minimum absolute atomic E-state index is 0.142. The molecule has 6 nitrogen and oxygen atoms in total. The summed E-state index contributed by atoms with van der Waals surface area (Å²) in [6, 6.07) is 0. The third-order valence-electron chi connectivity index (χ3n) is 1.79. The van der Waals surface area contributed by atoms with Gasteiger partial charge < -0.3 is 5.11 Å². The zero-order valence-electron chi connectivity index (χ0n) is 8.10. The van der Waals surface area contributed by atoms with Crippen LogP contribution >= 0.6 is 34.7 Å². The van der Waals surface area contributed by atoms with Gasteiger partial charge in [-0.15, -0.1) is 16.4 Å². The van der Waals surface area contributed by atoms with Crippen LogP contribution in [0.25, 0.3) is 0 Å². The van der Waals surface area contributed by atoms with Crippen LogP contribution < -0.4 is 5.69 Å². The molecule has 0 bridgehead atoms. The molecule has 2 N–H and O–H groups in total. The van der Waals surface area contributed by atoms with Crippen LogP contribution in [0.4, 0.5) is 0 Å². The van der Waals surface area contributed by atoms with Crippen LogP contribution in [0, 0.1) is 0 Å². The van der Waals surface area contributed by atoms with Crippen molar-refractivity contribution < 1.29 is 5.11 Å². The molecule has 16 heavy (non-hydrogen) atoms. The van der Waals surface area contributed by atoms with Gasteiger partial charge in [0.2, 0.25) is 0 Å². The van der Waals surface area contributed by atoms with Crippen molar-refractivity contribution in [1.82, 2.24) is 19.7 Å². The van der Waals surface area contributed by atoms with Gasteiger partial charge in [-0.25, -0.2) is 14.9 Å². The molecule has 9 heteroatoms. The number of halogens is 1. The molecule has 0 saturated carbocycles. The highest BCUT2D eigenvalue weighted by Gasteiger charge is 2.12. The van der Waals surface area contributed by atoms with E-state index in [4.69, 9.17) is 16.7 Å². The van der Waals surface area contributed by atoms with Crippen molar-refractivity contribution in [2.45, 2.75) is 16.1 Å². The van der Waals surface area contributed by atoms with Gasteiger partial charge in [-0.1, -0.05) is 11.6 Å². The average Bonchev–Trinajstić information content (AvgIpc) is 2.76. The molecule has 2 rings (SSSR count). The predicted molar refractivity (Wildman–Crippen MR) is 61.0 cm³/mol. The van der Waals surface area contributed by atoms with Crippen molar-refractivity contribution in [1.29, 1.82) is 0 Å². The maximum Gasteiger partial charge on any atom is 0.343 e. The fourth-order valence-electron chi connectivity index (χ4n) is 0.956. The zero-order valence-corrected chi connectivity index (χ0v) is 10.5. The summed E-state index contributed by atoms with van der Waals surface area (Å²) in [5.41, 5.74) is -0.285. The number of aromatic amines is 1. The van der Waals surface area contributed by atoms with Crippen molar-refractivity contribution in [3.05, 3.63) is 20.5 Å². The van der Waals surface area contributed by atoms with E-state index in [9.17, 15) is 4.79 Å². The summed E-state index contributed by atoms with van der Waals surface area (Å²) in [5.74, 6) is 0. The van der Waals surface area contributed by atoms with E-state index in [-0.39, 0.29) is 17.4 Å². The van der Waals surface area contributed by atoms with Crippen LogP contribution in [-0.4, -0.2) is 24.9 Å². The summed E-state index contributed by atoms with van der Waals surface area (Å²) < 4.78 is 2.01. The summed E-state index contributed by atoms with van der Waals surface area (Å²) in [7, 11) is 1.61. The molecule has 0 atom stereocenters. The summed E-state index contributed by atoms with van der Waals surface area (Å²) in [6.45, 7) is -0.142. The Kier molecular flexibility index (Phi) is 3.33. The molecule has 0 aliphatic heterocycles. The highest BCUT2D eigenvalue weighted by Crippen LogP contribution is 2.33. The quantitative estimate of drug-likeness (QED) is 0.870. The molecule has 0 radical (unpaired) electrons. The SMILES string of the molecule is Cn1c(Sc2nc(Cl)c(CO)s2)n[nH]c1=O. The predicted octanol–water partition coefficient (Wildman–Crippen LogP) is 0.862. The highest BCUT2D eigenvalue weighted by atomic mass is 35.5. The minimum atomic E-state index is -0.285. The normalized spacial score (nSPS) is 10.9. The molecule has 2 heterocycles. The molecule has 0 aliphatic carbocycles. The molecular weight excluding hydrogens is 272 g/mol. The first kappa shape index (κ1) is 11.6. The lowest BCUT2D eigenvalue weighted by Gasteiger charge is -1.93. The monoisotopic (exact) mass is 278 g/mol. The largest absolute Gasteiger partial charge is 0.391 e. The Balaban J connectivity index is 2.27. The van der Waals surface area contributed by atoms with Gasteiger partial charge in [0.15, 0.2) is 9.50 Å². The van der Waals surface area contributed by atoms with E-state index in [1.54, 1.807) is 7.05 Å². The fourth-order valence-corrected chi connectivity index (χ4v) is 3.15. The van der Waals surface area contributed by atoms with Crippen molar-refractivity contribution in [3.8, 4) is 0 Å². The van der Waals surface area contributed by atoms with Crippen LogP contribution in [-0.2, 0) is 13.7 Å². The number of nitrogens with one attached hydrogen (secondary N) is 1. The molecule has 0 saturated heterocycles. The zero-order chi connectivity index (χ0) is 11.7. The maximum absolute atomic E-state index is 11.1. The smallest absolute Gasteiger partial charge is 0.343 e. The molecule has 0 unspecified atom stereocenters. The van der Waals surface area contributed by atoms with Gasteiger partial charge in [-0.3, -0.25) is 4.57 Å². The van der Waals surface area contributed by atoms with E-state index in [0.717, 1.165) is 0 Å². The third kappa shape index (κ3) is 2.14. The molecule has 0 aromatic carbocycles. The van der Waals surface area contributed by atoms with Crippen molar-refractivity contribution >= 4 is 34.7 Å². The minimum Gasteiger partial charge on any atom is -0.391 e. The van der Waals surface area contributed by atoms with Crippen molar-refractivity contribution in [2.24, 2.45) is 7.05 Å². The number of thiazole rings is 1. The van der Waals surface area contributed by atoms with Gasteiger partial charge in [0.1, 0.15) is 5.15 Å². The molecule has 2 aromatic heterocycles.